The maximum absolute atomic E-state index is 5.66. The van der Waals surface area contributed by atoms with E-state index >= 15 is 0 Å². The maximum Gasteiger partial charge on any atom is 0.195 e. The highest BCUT2D eigenvalue weighted by Crippen LogP contribution is 2.30. The van der Waals surface area contributed by atoms with E-state index in [0.29, 0.717) is 12.6 Å². The van der Waals surface area contributed by atoms with Crippen molar-refractivity contribution < 1.29 is 9.47 Å². The Labute approximate surface area is 186 Å². The molecule has 0 radical (unpaired) electrons. The normalized spacial score (nSPS) is 16.8. The molecule has 28 heavy (non-hydrogen) atoms. The number of aliphatic imine (C=N–C) groups is 1. The minimum absolute atomic E-state index is 0. The summed E-state index contributed by atoms with van der Waals surface area (Å²) < 4.78 is 11.0. The summed E-state index contributed by atoms with van der Waals surface area (Å²) in [6, 6.07) is 6.24. The van der Waals surface area contributed by atoms with Crippen LogP contribution in [0.3, 0.4) is 0 Å². The Balaban J connectivity index is 0.00000392. The van der Waals surface area contributed by atoms with E-state index in [1.54, 1.807) is 7.11 Å². The molecule has 0 bridgehead atoms. The fraction of sp³-hybridized carbons (Fsp3) is 0.650. The number of halogens is 1. The van der Waals surface area contributed by atoms with Crippen LogP contribution >= 0.6 is 24.0 Å². The Kier molecular flexibility index (Phi) is 11.6. The number of anilines is 1. The highest BCUT2D eigenvalue weighted by atomic mass is 127. The second-order valence-corrected chi connectivity index (χ2v) is 6.83. The molecule has 8 heteroatoms. The average Bonchev–Trinajstić information content (AvgIpc) is 2.67. The van der Waals surface area contributed by atoms with Crippen LogP contribution in [0.5, 0.6) is 11.5 Å². The van der Waals surface area contributed by atoms with Gasteiger partial charge in [-0.15, -0.1) is 24.0 Å². The molecule has 0 aliphatic carbocycles. The summed E-state index contributed by atoms with van der Waals surface area (Å²) >= 11 is 0. The number of nitrogens with one attached hydrogen (secondary N) is 2. The molecule has 0 spiro atoms. The van der Waals surface area contributed by atoms with Gasteiger partial charge in [-0.25, -0.2) is 0 Å². The fourth-order valence-corrected chi connectivity index (χ4v) is 3.07. The summed E-state index contributed by atoms with van der Waals surface area (Å²) in [4.78, 5) is 9.67. The maximum atomic E-state index is 5.66. The number of likely N-dealkylation sites (N-methyl/N-ethyl adjacent to an activating group) is 1. The zero-order valence-electron chi connectivity index (χ0n) is 17.8. The van der Waals surface area contributed by atoms with E-state index in [0.717, 1.165) is 62.4 Å². The van der Waals surface area contributed by atoms with Crippen LogP contribution in [0.15, 0.2) is 23.2 Å². The van der Waals surface area contributed by atoms with Gasteiger partial charge in [0.1, 0.15) is 0 Å². The van der Waals surface area contributed by atoms with Crippen molar-refractivity contribution in [1.82, 2.24) is 15.1 Å². The average molecular weight is 505 g/mol. The molecule has 0 aromatic heterocycles. The van der Waals surface area contributed by atoms with E-state index in [4.69, 9.17) is 14.5 Å². The topological polar surface area (TPSA) is 61.4 Å². The summed E-state index contributed by atoms with van der Waals surface area (Å²) in [5, 5.41) is 6.69. The lowest BCUT2D eigenvalue weighted by atomic mass is 10.2. The first-order chi connectivity index (χ1) is 13.1. The van der Waals surface area contributed by atoms with Crippen molar-refractivity contribution in [3.8, 4) is 11.5 Å². The number of ether oxygens (including phenoxy) is 2. The summed E-state index contributed by atoms with van der Waals surface area (Å²) in [6.45, 7) is 12.9. The van der Waals surface area contributed by atoms with Crippen LogP contribution in [0, 0.1) is 0 Å². The van der Waals surface area contributed by atoms with Crippen LogP contribution in [-0.2, 0) is 0 Å². The molecular formula is C20H36IN5O2. The minimum atomic E-state index is 0. The van der Waals surface area contributed by atoms with Gasteiger partial charge in [0.2, 0.25) is 0 Å². The molecule has 0 amide bonds. The van der Waals surface area contributed by atoms with Gasteiger partial charge in [0.25, 0.3) is 0 Å². The lowest BCUT2D eigenvalue weighted by Gasteiger charge is -2.35. The van der Waals surface area contributed by atoms with Gasteiger partial charge in [-0.05, 0) is 40.0 Å². The Bertz CT molecular complexity index is 606. The van der Waals surface area contributed by atoms with Crippen molar-refractivity contribution in [2.45, 2.75) is 26.8 Å². The number of hydrogen-bond acceptors (Lipinski definition) is 5. The molecule has 1 unspecified atom stereocenters. The SMILES string of the molecule is CCNC(=NCC(C)N1CCN(C)CC1)Nc1ccc(OC)c(OCC)c1.I. The van der Waals surface area contributed by atoms with Gasteiger partial charge in [-0.3, -0.25) is 9.89 Å². The Morgan fingerprint density at radius 1 is 1.18 bits per heavy atom. The lowest BCUT2D eigenvalue weighted by molar-refractivity contribution is 0.122. The molecule has 2 N–H and O–H groups in total. The molecule has 1 fully saturated rings. The molecule has 1 aromatic rings. The van der Waals surface area contributed by atoms with E-state index in [1.165, 1.54) is 0 Å². The standard InChI is InChI=1S/C20H35N5O2.HI/c1-6-21-20(22-15-16(3)25-12-10-24(4)11-13-25)23-17-8-9-18(26-5)19(14-17)27-7-2;/h8-9,14,16H,6-7,10-13,15H2,1-5H3,(H2,21,22,23);1H. The lowest BCUT2D eigenvalue weighted by Crippen LogP contribution is -2.49. The van der Waals surface area contributed by atoms with Gasteiger partial charge in [0.05, 0.1) is 20.3 Å². The number of methoxy groups -OCH3 is 1. The molecule has 1 aliphatic rings. The van der Waals surface area contributed by atoms with E-state index in [-0.39, 0.29) is 24.0 Å². The summed E-state index contributed by atoms with van der Waals surface area (Å²) in [5.41, 5.74) is 0.922. The minimum Gasteiger partial charge on any atom is -0.493 e. The Hall–Kier alpha value is -1.26. The first-order valence-electron chi connectivity index (χ1n) is 9.86. The Morgan fingerprint density at radius 2 is 1.89 bits per heavy atom. The highest BCUT2D eigenvalue weighted by molar-refractivity contribution is 14.0. The number of hydrogen-bond donors (Lipinski definition) is 2. The van der Waals surface area contributed by atoms with Gasteiger partial charge in [-0.1, -0.05) is 0 Å². The van der Waals surface area contributed by atoms with Gasteiger partial charge in [0.15, 0.2) is 17.5 Å². The van der Waals surface area contributed by atoms with Gasteiger partial charge >= 0.3 is 0 Å². The van der Waals surface area contributed by atoms with Crippen molar-refractivity contribution >= 4 is 35.6 Å². The smallest absolute Gasteiger partial charge is 0.195 e. The molecule has 1 heterocycles. The first kappa shape index (κ1) is 24.8. The van der Waals surface area contributed by atoms with Gasteiger partial charge in [0, 0.05) is 50.5 Å². The Morgan fingerprint density at radius 3 is 2.50 bits per heavy atom. The third kappa shape index (κ3) is 7.63. The van der Waals surface area contributed by atoms with E-state index in [9.17, 15) is 0 Å². The molecule has 1 aromatic carbocycles. The van der Waals surface area contributed by atoms with E-state index in [2.05, 4.69) is 41.3 Å². The molecule has 2 rings (SSSR count). The predicted octanol–water partition coefficient (Wildman–Crippen LogP) is 2.73. The van der Waals surface area contributed by atoms with Gasteiger partial charge < -0.3 is 25.0 Å². The largest absolute Gasteiger partial charge is 0.493 e. The molecule has 0 saturated carbocycles. The monoisotopic (exact) mass is 505 g/mol. The number of rotatable bonds is 8. The molecule has 1 atom stereocenters. The van der Waals surface area contributed by atoms with Crippen molar-refractivity contribution in [3.63, 3.8) is 0 Å². The fourth-order valence-electron chi connectivity index (χ4n) is 3.07. The summed E-state index contributed by atoms with van der Waals surface area (Å²) in [6.07, 6.45) is 0. The van der Waals surface area contributed by atoms with Crippen LogP contribution in [0.4, 0.5) is 5.69 Å². The number of guanidine groups is 1. The highest BCUT2D eigenvalue weighted by Gasteiger charge is 2.18. The van der Waals surface area contributed by atoms with Crippen LogP contribution in [0.25, 0.3) is 0 Å². The molecular weight excluding hydrogens is 469 g/mol. The predicted molar refractivity (Wildman–Crippen MR) is 128 cm³/mol. The van der Waals surface area contributed by atoms with E-state index < -0.39 is 0 Å². The third-order valence-corrected chi connectivity index (χ3v) is 4.75. The number of benzene rings is 1. The van der Waals surface area contributed by atoms with Crippen molar-refractivity contribution in [1.29, 1.82) is 0 Å². The number of piperazine rings is 1. The third-order valence-electron chi connectivity index (χ3n) is 4.75. The zero-order valence-corrected chi connectivity index (χ0v) is 20.2. The molecule has 1 saturated heterocycles. The molecule has 7 nitrogen and oxygen atoms in total. The van der Waals surface area contributed by atoms with Crippen LogP contribution in [-0.4, -0.2) is 81.8 Å². The second-order valence-electron chi connectivity index (χ2n) is 6.83. The van der Waals surface area contributed by atoms with Crippen molar-refractivity contribution in [2.24, 2.45) is 4.99 Å². The first-order valence-corrected chi connectivity index (χ1v) is 9.86. The second kappa shape index (κ2) is 13.1. The zero-order chi connectivity index (χ0) is 19.6. The van der Waals surface area contributed by atoms with Crippen LogP contribution < -0.4 is 20.1 Å². The quantitative estimate of drug-likeness (QED) is 0.322. The molecule has 1 aliphatic heterocycles. The number of nitrogens with zero attached hydrogens (tertiary/aromatic N) is 3. The van der Waals surface area contributed by atoms with E-state index in [1.807, 2.05) is 25.1 Å². The summed E-state index contributed by atoms with van der Waals surface area (Å²) in [7, 11) is 3.83. The molecule has 160 valence electrons. The van der Waals surface area contributed by atoms with Crippen molar-refractivity contribution in [3.05, 3.63) is 18.2 Å². The van der Waals surface area contributed by atoms with Crippen LogP contribution in [0.1, 0.15) is 20.8 Å². The van der Waals surface area contributed by atoms with Gasteiger partial charge in [-0.2, -0.15) is 0 Å². The summed E-state index contributed by atoms with van der Waals surface area (Å²) in [5.74, 6) is 2.24. The van der Waals surface area contributed by atoms with Crippen molar-refractivity contribution in [2.75, 3.05) is 65.3 Å². The van der Waals surface area contributed by atoms with Crippen LogP contribution in [0.2, 0.25) is 0 Å².